The standard InChI is InChI=1S/C24H19N3O3/c28-24(18-10-11-22-23(12-18)30-16-29-22)26-25-13-19-15-27(14-17-6-2-1-3-7-17)21-9-5-4-8-20(19)21/h1-13,15H,14,16H2,(H,26,28)/b25-13-. The second kappa shape index (κ2) is 7.75. The zero-order valence-electron chi connectivity index (χ0n) is 16.1. The molecule has 0 spiro atoms. The minimum Gasteiger partial charge on any atom is -0.454 e. The van der Waals surface area contributed by atoms with Crippen LogP contribution in [0.3, 0.4) is 0 Å². The Hall–Kier alpha value is -4.06. The van der Waals surface area contributed by atoms with Gasteiger partial charge in [-0.3, -0.25) is 4.79 Å². The second-order valence-corrected chi connectivity index (χ2v) is 6.98. The summed E-state index contributed by atoms with van der Waals surface area (Å²) in [7, 11) is 0. The molecule has 1 amide bonds. The summed E-state index contributed by atoms with van der Waals surface area (Å²) in [6.07, 6.45) is 3.72. The van der Waals surface area contributed by atoms with Gasteiger partial charge in [-0.25, -0.2) is 5.43 Å². The van der Waals surface area contributed by atoms with Gasteiger partial charge in [-0.15, -0.1) is 0 Å². The molecule has 1 aliphatic heterocycles. The van der Waals surface area contributed by atoms with Crippen LogP contribution in [0.25, 0.3) is 10.9 Å². The topological polar surface area (TPSA) is 64.9 Å². The number of hydrazone groups is 1. The Kier molecular flexibility index (Phi) is 4.65. The zero-order chi connectivity index (χ0) is 20.3. The van der Waals surface area contributed by atoms with E-state index in [0.29, 0.717) is 17.1 Å². The first-order chi connectivity index (χ1) is 14.8. The third kappa shape index (κ3) is 3.51. The predicted octanol–water partition coefficient (Wildman–Crippen LogP) is 4.18. The average molecular weight is 397 g/mol. The molecule has 3 aromatic carbocycles. The van der Waals surface area contributed by atoms with Crippen molar-refractivity contribution in [3.63, 3.8) is 0 Å². The van der Waals surface area contributed by atoms with E-state index in [1.807, 2.05) is 36.5 Å². The molecule has 0 fully saturated rings. The van der Waals surface area contributed by atoms with Crippen molar-refractivity contribution in [3.05, 3.63) is 95.7 Å². The number of hydrogen-bond acceptors (Lipinski definition) is 4. The Morgan fingerprint density at radius 1 is 1.00 bits per heavy atom. The molecule has 0 bridgehead atoms. The molecule has 0 radical (unpaired) electrons. The summed E-state index contributed by atoms with van der Waals surface area (Å²) in [6.45, 7) is 0.935. The van der Waals surface area contributed by atoms with Gasteiger partial charge in [0.1, 0.15) is 0 Å². The molecule has 0 saturated heterocycles. The van der Waals surface area contributed by atoms with E-state index in [1.54, 1.807) is 24.4 Å². The summed E-state index contributed by atoms with van der Waals surface area (Å²) in [5.74, 6) is 0.898. The molecule has 148 valence electrons. The maximum atomic E-state index is 12.4. The van der Waals surface area contributed by atoms with Crippen molar-refractivity contribution >= 4 is 23.0 Å². The highest BCUT2D eigenvalue weighted by Crippen LogP contribution is 2.32. The minimum atomic E-state index is -0.308. The fourth-order valence-electron chi connectivity index (χ4n) is 3.55. The monoisotopic (exact) mass is 397 g/mol. The van der Waals surface area contributed by atoms with E-state index in [2.05, 4.69) is 39.4 Å². The van der Waals surface area contributed by atoms with Crippen LogP contribution >= 0.6 is 0 Å². The number of hydrogen-bond donors (Lipinski definition) is 1. The maximum Gasteiger partial charge on any atom is 0.271 e. The third-order valence-corrected chi connectivity index (χ3v) is 5.02. The van der Waals surface area contributed by atoms with Crippen molar-refractivity contribution in [3.8, 4) is 11.5 Å². The molecule has 6 nitrogen and oxygen atoms in total. The lowest BCUT2D eigenvalue weighted by Gasteiger charge is -2.05. The van der Waals surface area contributed by atoms with Gasteiger partial charge in [-0.1, -0.05) is 48.5 Å². The van der Waals surface area contributed by atoms with Gasteiger partial charge in [0.05, 0.1) is 6.21 Å². The molecule has 0 atom stereocenters. The van der Waals surface area contributed by atoms with Gasteiger partial charge < -0.3 is 14.0 Å². The van der Waals surface area contributed by atoms with Crippen LogP contribution in [0.1, 0.15) is 21.5 Å². The van der Waals surface area contributed by atoms with E-state index in [4.69, 9.17) is 9.47 Å². The van der Waals surface area contributed by atoms with Crippen LogP contribution in [0.5, 0.6) is 11.5 Å². The number of ether oxygens (including phenoxy) is 2. The Bertz CT molecular complexity index is 1250. The first kappa shape index (κ1) is 18.0. The molecule has 6 heteroatoms. The summed E-state index contributed by atoms with van der Waals surface area (Å²) in [5, 5.41) is 5.25. The molecule has 0 aliphatic carbocycles. The Balaban J connectivity index is 1.36. The Labute approximate surface area is 173 Å². The summed E-state index contributed by atoms with van der Waals surface area (Å²) in [4.78, 5) is 12.4. The molecule has 30 heavy (non-hydrogen) atoms. The van der Waals surface area contributed by atoms with E-state index < -0.39 is 0 Å². The van der Waals surface area contributed by atoms with Crippen LogP contribution in [-0.2, 0) is 6.54 Å². The number of nitrogens with zero attached hydrogens (tertiary/aromatic N) is 2. The molecule has 0 unspecified atom stereocenters. The van der Waals surface area contributed by atoms with Crippen LogP contribution in [0, 0.1) is 0 Å². The minimum absolute atomic E-state index is 0.172. The van der Waals surface area contributed by atoms with Crippen molar-refractivity contribution in [1.29, 1.82) is 0 Å². The SMILES string of the molecule is O=C(N/N=C\c1cn(Cc2ccccc2)c2ccccc12)c1ccc2c(c1)OCO2. The number of benzene rings is 3. The van der Waals surface area contributed by atoms with Crippen molar-refractivity contribution in [2.24, 2.45) is 5.10 Å². The number of para-hydroxylation sites is 1. The number of carbonyl (C=O) groups is 1. The van der Waals surface area contributed by atoms with Crippen molar-refractivity contribution in [2.75, 3.05) is 6.79 Å². The quantitative estimate of drug-likeness (QED) is 0.406. The fourth-order valence-corrected chi connectivity index (χ4v) is 3.55. The van der Waals surface area contributed by atoms with E-state index in [9.17, 15) is 4.79 Å². The van der Waals surface area contributed by atoms with Gasteiger partial charge in [0.15, 0.2) is 11.5 Å². The van der Waals surface area contributed by atoms with Gasteiger partial charge in [0, 0.05) is 34.8 Å². The average Bonchev–Trinajstić information content (AvgIpc) is 3.39. The first-order valence-electron chi connectivity index (χ1n) is 9.63. The summed E-state index contributed by atoms with van der Waals surface area (Å²) in [6, 6.07) is 23.5. The van der Waals surface area contributed by atoms with Crippen LogP contribution < -0.4 is 14.9 Å². The smallest absolute Gasteiger partial charge is 0.271 e. The molecule has 4 aromatic rings. The molecule has 2 heterocycles. The van der Waals surface area contributed by atoms with Gasteiger partial charge in [-0.05, 0) is 29.8 Å². The number of aromatic nitrogens is 1. The molecule has 1 aromatic heterocycles. The molecule has 5 rings (SSSR count). The predicted molar refractivity (Wildman–Crippen MR) is 115 cm³/mol. The van der Waals surface area contributed by atoms with Crippen molar-refractivity contribution in [1.82, 2.24) is 9.99 Å². The van der Waals surface area contributed by atoms with E-state index in [-0.39, 0.29) is 12.7 Å². The molecular weight excluding hydrogens is 378 g/mol. The van der Waals surface area contributed by atoms with Crippen LogP contribution in [0.4, 0.5) is 0 Å². The number of nitrogens with one attached hydrogen (secondary N) is 1. The van der Waals surface area contributed by atoms with Crippen LogP contribution in [0.15, 0.2) is 84.1 Å². The molecule has 1 aliphatic rings. The van der Waals surface area contributed by atoms with Gasteiger partial charge >= 0.3 is 0 Å². The highest BCUT2D eigenvalue weighted by molar-refractivity contribution is 6.00. The first-order valence-corrected chi connectivity index (χ1v) is 9.63. The Morgan fingerprint density at radius 3 is 2.70 bits per heavy atom. The highest BCUT2D eigenvalue weighted by Gasteiger charge is 2.16. The largest absolute Gasteiger partial charge is 0.454 e. The molecule has 1 N–H and O–H groups in total. The maximum absolute atomic E-state index is 12.4. The lowest BCUT2D eigenvalue weighted by atomic mass is 10.2. The van der Waals surface area contributed by atoms with E-state index in [0.717, 1.165) is 23.0 Å². The number of fused-ring (bicyclic) bond motifs is 2. The molecule has 0 saturated carbocycles. The summed E-state index contributed by atoms with van der Waals surface area (Å²) < 4.78 is 12.8. The normalized spacial score (nSPS) is 12.5. The number of rotatable bonds is 5. The van der Waals surface area contributed by atoms with Crippen molar-refractivity contribution < 1.29 is 14.3 Å². The van der Waals surface area contributed by atoms with E-state index in [1.165, 1.54) is 5.56 Å². The highest BCUT2D eigenvalue weighted by atomic mass is 16.7. The molecular formula is C24H19N3O3. The van der Waals surface area contributed by atoms with Crippen LogP contribution in [0.2, 0.25) is 0 Å². The number of amides is 1. The Morgan fingerprint density at radius 2 is 1.80 bits per heavy atom. The van der Waals surface area contributed by atoms with Crippen LogP contribution in [-0.4, -0.2) is 23.5 Å². The summed E-state index contributed by atoms with van der Waals surface area (Å²) >= 11 is 0. The van der Waals surface area contributed by atoms with Gasteiger partial charge in [-0.2, -0.15) is 5.10 Å². The number of carbonyl (C=O) groups excluding carboxylic acids is 1. The third-order valence-electron chi connectivity index (χ3n) is 5.02. The lowest BCUT2D eigenvalue weighted by Crippen LogP contribution is -2.17. The zero-order valence-corrected chi connectivity index (χ0v) is 16.1. The lowest BCUT2D eigenvalue weighted by molar-refractivity contribution is 0.0954. The second-order valence-electron chi connectivity index (χ2n) is 6.98. The van der Waals surface area contributed by atoms with Gasteiger partial charge in [0.25, 0.3) is 5.91 Å². The summed E-state index contributed by atoms with van der Waals surface area (Å²) in [5.41, 5.74) is 6.32. The van der Waals surface area contributed by atoms with Crippen molar-refractivity contribution in [2.45, 2.75) is 6.54 Å². The fraction of sp³-hybridized carbons (Fsp3) is 0.0833. The van der Waals surface area contributed by atoms with E-state index >= 15 is 0 Å². The van der Waals surface area contributed by atoms with Gasteiger partial charge in [0.2, 0.25) is 6.79 Å².